The molecule has 1 amide bonds. The Morgan fingerprint density at radius 3 is 2.83 bits per heavy atom. The molecule has 118 valence electrons. The standard InChI is InChI=1S/C16H12N6O2/c17-8-12(15(18)19)22-21-9-5-6-13-10(7-9)16(23)20-11-3-1-2-4-14(11)24-13/h1-7,21H,(H3,18,19)(H,20,23)/b22-12+. The lowest BCUT2D eigenvalue weighted by atomic mass is 10.1. The third-order valence-corrected chi connectivity index (χ3v) is 3.24. The van der Waals surface area contributed by atoms with Gasteiger partial charge in [-0.2, -0.15) is 10.4 Å². The molecule has 1 aliphatic heterocycles. The van der Waals surface area contributed by atoms with E-state index >= 15 is 0 Å². The Kier molecular flexibility index (Phi) is 3.82. The van der Waals surface area contributed by atoms with Gasteiger partial charge < -0.3 is 15.8 Å². The molecular weight excluding hydrogens is 308 g/mol. The Morgan fingerprint density at radius 1 is 1.29 bits per heavy atom. The molecule has 0 saturated carbocycles. The summed E-state index contributed by atoms with van der Waals surface area (Å²) in [6, 6.07) is 13.6. The average molecular weight is 320 g/mol. The molecule has 0 unspecified atom stereocenters. The van der Waals surface area contributed by atoms with Crippen LogP contribution < -0.4 is 21.2 Å². The van der Waals surface area contributed by atoms with Gasteiger partial charge in [0, 0.05) is 0 Å². The maximum Gasteiger partial charge on any atom is 0.259 e. The number of ether oxygens (including phenoxy) is 1. The van der Waals surface area contributed by atoms with E-state index in [1.807, 2.05) is 6.07 Å². The van der Waals surface area contributed by atoms with Crippen molar-refractivity contribution in [2.24, 2.45) is 10.8 Å². The maximum absolute atomic E-state index is 12.4. The number of para-hydroxylation sites is 2. The predicted molar refractivity (Wildman–Crippen MR) is 89.5 cm³/mol. The highest BCUT2D eigenvalue weighted by molar-refractivity contribution is 6.45. The van der Waals surface area contributed by atoms with Crippen LogP contribution >= 0.6 is 0 Å². The summed E-state index contributed by atoms with van der Waals surface area (Å²) in [7, 11) is 0. The van der Waals surface area contributed by atoms with E-state index in [-0.39, 0.29) is 11.6 Å². The van der Waals surface area contributed by atoms with Gasteiger partial charge in [-0.1, -0.05) is 12.1 Å². The summed E-state index contributed by atoms with van der Waals surface area (Å²) in [6.45, 7) is 0. The van der Waals surface area contributed by atoms with E-state index in [0.717, 1.165) is 0 Å². The highest BCUT2D eigenvalue weighted by atomic mass is 16.5. The van der Waals surface area contributed by atoms with Crippen molar-refractivity contribution in [2.45, 2.75) is 0 Å². The van der Waals surface area contributed by atoms with Crippen LogP contribution in [-0.4, -0.2) is 17.5 Å². The summed E-state index contributed by atoms with van der Waals surface area (Å²) in [5.74, 6) is 0.177. The fraction of sp³-hybridized carbons (Fsp3) is 0. The summed E-state index contributed by atoms with van der Waals surface area (Å²) in [5.41, 5.74) is 8.91. The number of carbonyl (C=O) groups excluding carboxylic acids is 1. The second kappa shape index (κ2) is 6.10. The topological polar surface area (TPSA) is 136 Å². The number of nitriles is 1. The van der Waals surface area contributed by atoms with Crippen molar-refractivity contribution in [1.82, 2.24) is 0 Å². The average Bonchev–Trinajstić information content (AvgIpc) is 2.71. The van der Waals surface area contributed by atoms with E-state index in [1.54, 1.807) is 36.4 Å². The number of amides is 1. The Balaban J connectivity index is 1.92. The summed E-state index contributed by atoms with van der Waals surface area (Å²) < 4.78 is 5.76. The molecule has 1 aliphatic rings. The maximum atomic E-state index is 12.4. The number of carbonyl (C=O) groups is 1. The van der Waals surface area contributed by atoms with Gasteiger partial charge in [0.2, 0.25) is 5.71 Å². The zero-order chi connectivity index (χ0) is 17.1. The molecule has 0 aromatic heterocycles. The van der Waals surface area contributed by atoms with Gasteiger partial charge in [-0.15, -0.1) is 0 Å². The van der Waals surface area contributed by atoms with Gasteiger partial charge in [-0.3, -0.25) is 15.6 Å². The minimum Gasteiger partial charge on any atom is -0.454 e. The molecule has 2 aromatic rings. The normalized spacial score (nSPS) is 12.6. The third kappa shape index (κ3) is 2.86. The number of hydrogen-bond donors (Lipinski definition) is 4. The lowest BCUT2D eigenvalue weighted by Gasteiger charge is -2.08. The van der Waals surface area contributed by atoms with E-state index in [1.165, 1.54) is 6.07 Å². The van der Waals surface area contributed by atoms with Crippen molar-refractivity contribution in [2.75, 3.05) is 10.7 Å². The van der Waals surface area contributed by atoms with Crippen LogP contribution in [0.3, 0.4) is 0 Å². The van der Waals surface area contributed by atoms with Crippen LogP contribution in [0.2, 0.25) is 0 Å². The summed E-state index contributed by atoms with van der Waals surface area (Å²) in [4.78, 5) is 12.4. The monoisotopic (exact) mass is 320 g/mol. The van der Waals surface area contributed by atoms with Crippen LogP contribution in [0.5, 0.6) is 11.5 Å². The molecule has 0 bridgehead atoms. The van der Waals surface area contributed by atoms with Crippen molar-refractivity contribution in [3.05, 3.63) is 48.0 Å². The first kappa shape index (κ1) is 15.1. The van der Waals surface area contributed by atoms with Crippen LogP contribution in [0.4, 0.5) is 11.4 Å². The molecule has 8 nitrogen and oxygen atoms in total. The first-order valence-electron chi connectivity index (χ1n) is 6.89. The number of anilines is 2. The molecule has 2 aromatic carbocycles. The second-order valence-corrected chi connectivity index (χ2v) is 4.86. The van der Waals surface area contributed by atoms with Gasteiger partial charge in [0.25, 0.3) is 5.91 Å². The van der Waals surface area contributed by atoms with Crippen LogP contribution in [0.25, 0.3) is 0 Å². The van der Waals surface area contributed by atoms with Gasteiger partial charge in [0.1, 0.15) is 11.8 Å². The molecule has 24 heavy (non-hydrogen) atoms. The zero-order valence-electron chi connectivity index (χ0n) is 12.3. The van der Waals surface area contributed by atoms with E-state index in [4.69, 9.17) is 21.1 Å². The molecule has 0 spiro atoms. The fourth-order valence-corrected chi connectivity index (χ4v) is 2.10. The number of nitrogens with two attached hydrogens (primary N) is 1. The highest BCUT2D eigenvalue weighted by Gasteiger charge is 2.20. The van der Waals surface area contributed by atoms with Crippen molar-refractivity contribution in [3.8, 4) is 17.6 Å². The van der Waals surface area contributed by atoms with E-state index in [0.29, 0.717) is 28.4 Å². The first-order chi connectivity index (χ1) is 11.6. The number of hydrazone groups is 1. The van der Waals surface area contributed by atoms with E-state index < -0.39 is 5.84 Å². The SMILES string of the molecule is N#C/C(=N\Nc1ccc2c(c1)C(=O)Nc1ccccc1O2)C(=N)N. The van der Waals surface area contributed by atoms with Crippen molar-refractivity contribution in [1.29, 1.82) is 10.7 Å². The lowest BCUT2D eigenvalue weighted by Crippen LogP contribution is -2.21. The molecule has 3 rings (SSSR count). The summed E-state index contributed by atoms with van der Waals surface area (Å²) in [5, 5.41) is 22.5. The molecule has 0 fully saturated rings. The molecule has 0 saturated heterocycles. The van der Waals surface area contributed by atoms with Gasteiger partial charge in [-0.25, -0.2) is 0 Å². The number of fused-ring (bicyclic) bond motifs is 2. The lowest BCUT2D eigenvalue weighted by molar-refractivity contribution is 0.102. The van der Waals surface area contributed by atoms with Crippen molar-refractivity contribution < 1.29 is 9.53 Å². The van der Waals surface area contributed by atoms with Crippen LogP contribution in [0.1, 0.15) is 10.4 Å². The Hall–Kier alpha value is -3.86. The van der Waals surface area contributed by atoms with E-state index in [2.05, 4.69) is 15.8 Å². The quantitative estimate of drug-likeness (QED) is 0.390. The molecule has 5 N–H and O–H groups in total. The number of benzene rings is 2. The van der Waals surface area contributed by atoms with E-state index in [9.17, 15) is 4.79 Å². The minimum absolute atomic E-state index is 0.252. The van der Waals surface area contributed by atoms with Gasteiger partial charge >= 0.3 is 0 Å². The van der Waals surface area contributed by atoms with Crippen molar-refractivity contribution >= 4 is 28.8 Å². The molecule has 8 heteroatoms. The Labute approximate surface area is 137 Å². The fourth-order valence-electron chi connectivity index (χ4n) is 2.10. The van der Waals surface area contributed by atoms with Crippen molar-refractivity contribution in [3.63, 3.8) is 0 Å². The van der Waals surface area contributed by atoms with Gasteiger partial charge in [-0.05, 0) is 30.3 Å². The molecular formula is C16H12N6O2. The number of rotatable bonds is 3. The van der Waals surface area contributed by atoms with Crippen LogP contribution in [0.15, 0.2) is 47.6 Å². The molecule has 0 atom stereocenters. The zero-order valence-corrected chi connectivity index (χ0v) is 12.3. The third-order valence-electron chi connectivity index (χ3n) is 3.24. The molecule has 0 aliphatic carbocycles. The number of nitrogens with zero attached hydrogens (tertiary/aromatic N) is 2. The second-order valence-electron chi connectivity index (χ2n) is 4.86. The van der Waals surface area contributed by atoms with Gasteiger partial charge in [0.05, 0.1) is 16.9 Å². The number of nitrogens with one attached hydrogen (secondary N) is 3. The first-order valence-corrected chi connectivity index (χ1v) is 6.89. The number of hydrogen-bond acceptors (Lipinski definition) is 6. The van der Waals surface area contributed by atoms with Gasteiger partial charge in [0.15, 0.2) is 11.6 Å². The summed E-state index contributed by atoms with van der Waals surface area (Å²) >= 11 is 0. The summed E-state index contributed by atoms with van der Waals surface area (Å²) in [6.07, 6.45) is 0. The largest absolute Gasteiger partial charge is 0.454 e. The smallest absolute Gasteiger partial charge is 0.259 e. The Bertz CT molecular complexity index is 913. The van der Waals surface area contributed by atoms with Crippen LogP contribution in [-0.2, 0) is 0 Å². The molecule has 0 radical (unpaired) electrons. The predicted octanol–water partition coefficient (Wildman–Crippen LogP) is 2.27. The molecule has 1 heterocycles. The Morgan fingerprint density at radius 2 is 2.08 bits per heavy atom. The van der Waals surface area contributed by atoms with Crippen LogP contribution in [0, 0.1) is 16.7 Å². The highest BCUT2D eigenvalue weighted by Crippen LogP contribution is 2.36. The number of amidine groups is 1. The minimum atomic E-state index is -0.448.